The molecule has 23 heavy (non-hydrogen) atoms. The van der Waals surface area contributed by atoms with Crippen molar-refractivity contribution in [2.45, 2.75) is 17.8 Å². The topological polar surface area (TPSA) is 44.1 Å². The van der Waals surface area contributed by atoms with Crippen LogP contribution >= 0.6 is 22.7 Å². The summed E-state index contributed by atoms with van der Waals surface area (Å²) in [6.45, 7) is 0.456. The molecule has 4 nitrogen and oxygen atoms in total. The van der Waals surface area contributed by atoms with E-state index in [0.717, 1.165) is 5.69 Å². The van der Waals surface area contributed by atoms with Gasteiger partial charge in [-0.2, -0.15) is 0 Å². The fourth-order valence-electron chi connectivity index (χ4n) is 3.50. The summed E-state index contributed by atoms with van der Waals surface area (Å²) in [5.41, 5.74) is 0.216. The van der Waals surface area contributed by atoms with Gasteiger partial charge in [0.15, 0.2) is 0 Å². The van der Waals surface area contributed by atoms with Crippen LogP contribution in [0.5, 0.6) is 0 Å². The maximum absolute atomic E-state index is 12.9. The van der Waals surface area contributed by atoms with Gasteiger partial charge >= 0.3 is 5.97 Å². The molecule has 0 spiro atoms. The van der Waals surface area contributed by atoms with Crippen molar-refractivity contribution in [2.75, 3.05) is 6.61 Å². The van der Waals surface area contributed by atoms with E-state index in [0.29, 0.717) is 13.0 Å². The first kappa shape index (κ1) is 14.7. The standard InChI is InChI=1S/C17H16N2O2S2/c1-19-11-18-10-14(19)17(6-7-21-16(17)20)15(12-4-2-8-22-12)13-5-3-9-23-13/h2-5,8-11,15H,6-7H2,1H3. The molecule has 0 N–H and O–H groups in total. The van der Waals surface area contributed by atoms with Gasteiger partial charge in [0.2, 0.25) is 0 Å². The van der Waals surface area contributed by atoms with Crippen LogP contribution < -0.4 is 0 Å². The van der Waals surface area contributed by atoms with Gasteiger partial charge in [-0.05, 0) is 22.9 Å². The molecule has 0 aromatic carbocycles. The van der Waals surface area contributed by atoms with Crippen molar-refractivity contribution >= 4 is 28.6 Å². The molecule has 6 heteroatoms. The zero-order valence-electron chi connectivity index (χ0n) is 12.6. The van der Waals surface area contributed by atoms with Crippen LogP contribution in [-0.4, -0.2) is 22.1 Å². The van der Waals surface area contributed by atoms with Gasteiger partial charge < -0.3 is 9.30 Å². The minimum absolute atomic E-state index is 0.0344. The van der Waals surface area contributed by atoms with Gasteiger partial charge in [-0.1, -0.05) is 12.1 Å². The first-order valence-electron chi connectivity index (χ1n) is 7.44. The van der Waals surface area contributed by atoms with Crippen molar-refractivity contribution in [1.82, 2.24) is 9.55 Å². The molecule has 4 heterocycles. The molecule has 1 fully saturated rings. The summed E-state index contributed by atoms with van der Waals surface area (Å²) in [4.78, 5) is 19.6. The lowest BCUT2D eigenvalue weighted by Crippen LogP contribution is -2.40. The monoisotopic (exact) mass is 344 g/mol. The molecule has 0 bridgehead atoms. The van der Waals surface area contributed by atoms with Crippen molar-refractivity contribution in [2.24, 2.45) is 7.05 Å². The predicted molar refractivity (Wildman–Crippen MR) is 90.9 cm³/mol. The Morgan fingerprint density at radius 3 is 2.39 bits per heavy atom. The summed E-state index contributed by atoms with van der Waals surface area (Å²) in [5, 5.41) is 4.13. The van der Waals surface area contributed by atoms with Gasteiger partial charge in [0.05, 0.1) is 18.6 Å². The quantitative estimate of drug-likeness (QED) is 0.680. The third-order valence-corrected chi connectivity index (χ3v) is 6.39. The lowest BCUT2D eigenvalue weighted by atomic mass is 9.70. The first-order chi connectivity index (χ1) is 11.2. The van der Waals surface area contributed by atoms with E-state index < -0.39 is 5.41 Å². The normalized spacial score (nSPS) is 21.0. The van der Waals surface area contributed by atoms with Crippen LogP contribution in [0.15, 0.2) is 47.5 Å². The fourth-order valence-corrected chi connectivity index (χ4v) is 5.45. The van der Waals surface area contributed by atoms with Crippen molar-refractivity contribution < 1.29 is 9.53 Å². The van der Waals surface area contributed by atoms with E-state index in [-0.39, 0.29) is 11.9 Å². The molecule has 118 valence electrons. The summed E-state index contributed by atoms with van der Waals surface area (Å²) in [6.07, 6.45) is 4.23. The van der Waals surface area contributed by atoms with Crippen molar-refractivity contribution in [3.63, 3.8) is 0 Å². The molecule has 0 aliphatic carbocycles. The highest BCUT2D eigenvalue weighted by atomic mass is 32.1. The molecule has 0 radical (unpaired) electrons. The van der Waals surface area contributed by atoms with E-state index in [1.165, 1.54) is 9.75 Å². The molecule has 0 saturated carbocycles. The Kier molecular flexibility index (Phi) is 3.58. The van der Waals surface area contributed by atoms with Crippen LogP contribution in [0.1, 0.15) is 27.8 Å². The fraction of sp³-hybridized carbons (Fsp3) is 0.294. The molecule has 3 aromatic rings. The molecule has 4 rings (SSSR count). The minimum Gasteiger partial charge on any atom is -0.465 e. The lowest BCUT2D eigenvalue weighted by Gasteiger charge is -2.33. The van der Waals surface area contributed by atoms with Crippen LogP contribution in [0, 0.1) is 0 Å². The smallest absolute Gasteiger partial charge is 0.319 e. The van der Waals surface area contributed by atoms with Crippen LogP contribution in [0.3, 0.4) is 0 Å². The number of carbonyl (C=O) groups excluding carboxylic acids is 1. The summed E-state index contributed by atoms with van der Waals surface area (Å²) in [5.74, 6) is -0.180. The van der Waals surface area contributed by atoms with Gasteiger partial charge in [0, 0.05) is 35.3 Å². The summed E-state index contributed by atoms with van der Waals surface area (Å²) < 4.78 is 7.40. The molecule has 1 aliphatic heterocycles. The maximum Gasteiger partial charge on any atom is 0.319 e. The summed E-state index contributed by atoms with van der Waals surface area (Å²) >= 11 is 3.38. The average molecular weight is 344 g/mol. The van der Waals surface area contributed by atoms with Crippen LogP contribution in [0.2, 0.25) is 0 Å². The highest BCUT2D eigenvalue weighted by Crippen LogP contribution is 2.51. The van der Waals surface area contributed by atoms with Crippen LogP contribution in [-0.2, 0) is 22.0 Å². The third-order valence-electron chi connectivity index (χ3n) is 4.52. The third kappa shape index (κ3) is 2.16. The van der Waals surface area contributed by atoms with Gasteiger partial charge in [-0.15, -0.1) is 22.7 Å². The number of thiophene rings is 2. The Labute approximate surface area is 142 Å². The Morgan fingerprint density at radius 1 is 1.26 bits per heavy atom. The largest absolute Gasteiger partial charge is 0.465 e. The lowest BCUT2D eigenvalue weighted by molar-refractivity contribution is -0.143. The van der Waals surface area contributed by atoms with Crippen molar-refractivity contribution in [3.8, 4) is 0 Å². The zero-order valence-corrected chi connectivity index (χ0v) is 14.3. The van der Waals surface area contributed by atoms with E-state index in [4.69, 9.17) is 4.74 Å². The number of cyclic esters (lactones) is 1. The molecular formula is C17H16N2O2S2. The number of aryl methyl sites for hydroxylation is 1. The second kappa shape index (κ2) is 5.62. The Hall–Kier alpha value is -1.92. The van der Waals surface area contributed by atoms with E-state index >= 15 is 0 Å². The SMILES string of the molecule is Cn1cncc1C1(C(c2cccs2)c2cccs2)CCOC1=O. The molecule has 1 unspecified atom stereocenters. The van der Waals surface area contributed by atoms with E-state index in [2.05, 4.69) is 27.9 Å². The second-order valence-corrected chi connectivity index (χ2v) is 7.67. The van der Waals surface area contributed by atoms with E-state index in [9.17, 15) is 4.79 Å². The number of hydrogen-bond acceptors (Lipinski definition) is 5. The van der Waals surface area contributed by atoms with E-state index in [1.54, 1.807) is 35.2 Å². The molecule has 1 saturated heterocycles. The van der Waals surface area contributed by atoms with E-state index in [1.807, 2.05) is 23.7 Å². The van der Waals surface area contributed by atoms with Crippen molar-refractivity contribution in [1.29, 1.82) is 0 Å². The Balaban J connectivity index is 1.97. The number of aromatic nitrogens is 2. The Morgan fingerprint density at radius 2 is 1.96 bits per heavy atom. The molecular weight excluding hydrogens is 328 g/mol. The number of rotatable bonds is 4. The number of esters is 1. The van der Waals surface area contributed by atoms with Gasteiger partial charge in [0.1, 0.15) is 5.41 Å². The first-order valence-corrected chi connectivity index (χ1v) is 9.20. The Bertz CT molecular complexity index is 773. The minimum atomic E-state index is -0.707. The number of nitrogens with zero attached hydrogens (tertiary/aromatic N) is 2. The molecule has 1 aliphatic rings. The number of imidazole rings is 1. The van der Waals surface area contributed by atoms with Gasteiger partial charge in [0.25, 0.3) is 0 Å². The highest BCUT2D eigenvalue weighted by molar-refractivity contribution is 7.11. The number of ether oxygens (including phenoxy) is 1. The van der Waals surface area contributed by atoms with Crippen LogP contribution in [0.4, 0.5) is 0 Å². The number of hydrogen-bond donors (Lipinski definition) is 0. The predicted octanol–water partition coefficient (Wildman–Crippen LogP) is 3.56. The number of carbonyl (C=O) groups is 1. The summed E-state index contributed by atoms with van der Waals surface area (Å²) in [6, 6.07) is 8.30. The summed E-state index contributed by atoms with van der Waals surface area (Å²) in [7, 11) is 1.94. The van der Waals surface area contributed by atoms with Crippen LogP contribution in [0.25, 0.3) is 0 Å². The molecule has 0 amide bonds. The average Bonchev–Trinajstić information content (AvgIpc) is 3.30. The van der Waals surface area contributed by atoms with Gasteiger partial charge in [-0.3, -0.25) is 4.79 Å². The zero-order chi connectivity index (χ0) is 15.9. The van der Waals surface area contributed by atoms with Gasteiger partial charge in [-0.25, -0.2) is 4.98 Å². The van der Waals surface area contributed by atoms with Crippen molar-refractivity contribution in [3.05, 3.63) is 63.0 Å². The second-order valence-electron chi connectivity index (χ2n) is 5.71. The highest BCUT2D eigenvalue weighted by Gasteiger charge is 2.55. The maximum atomic E-state index is 12.9. The molecule has 3 aromatic heterocycles. The molecule has 1 atom stereocenters.